The molecule has 0 unspecified atom stereocenters. The summed E-state index contributed by atoms with van der Waals surface area (Å²) >= 11 is 5.95. The van der Waals surface area contributed by atoms with Crippen LogP contribution in [0.1, 0.15) is 40.2 Å². The molecule has 0 bridgehead atoms. The summed E-state index contributed by atoms with van der Waals surface area (Å²) in [4.78, 5) is 26.7. The van der Waals surface area contributed by atoms with Crippen molar-refractivity contribution in [2.24, 2.45) is 0 Å². The zero-order valence-corrected chi connectivity index (χ0v) is 17.4. The predicted molar refractivity (Wildman–Crippen MR) is 105 cm³/mol. The number of nitrogens with one attached hydrogen (secondary N) is 1. The van der Waals surface area contributed by atoms with Gasteiger partial charge < -0.3 is 14.8 Å². The molecule has 1 saturated heterocycles. The molecule has 1 N–H and O–H groups in total. The highest BCUT2D eigenvalue weighted by molar-refractivity contribution is 6.30. The number of amides is 2. The van der Waals surface area contributed by atoms with Gasteiger partial charge in [-0.1, -0.05) is 23.7 Å². The Morgan fingerprint density at radius 2 is 1.93 bits per heavy atom. The van der Waals surface area contributed by atoms with Crippen molar-refractivity contribution in [1.82, 2.24) is 10.2 Å². The van der Waals surface area contributed by atoms with Gasteiger partial charge in [-0.15, -0.1) is 0 Å². The molecule has 7 heteroatoms. The van der Waals surface area contributed by atoms with Crippen LogP contribution >= 0.6 is 11.6 Å². The average Bonchev–Trinajstić information content (AvgIpc) is 2.55. The van der Waals surface area contributed by atoms with E-state index < -0.39 is 17.8 Å². The fourth-order valence-corrected chi connectivity index (χ4v) is 2.97. The van der Waals surface area contributed by atoms with E-state index in [1.54, 1.807) is 4.90 Å². The Kier molecular flexibility index (Phi) is 7.12. The Hall–Kier alpha value is -1.79. The summed E-state index contributed by atoms with van der Waals surface area (Å²) in [5, 5.41) is 3.49. The maximum absolute atomic E-state index is 12.8. The zero-order valence-electron chi connectivity index (χ0n) is 16.6. The molecule has 27 heavy (non-hydrogen) atoms. The van der Waals surface area contributed by atoms with Crippen LogP contribution in [-0.4, -0.2) is 53.8 Å². The summed E-state index contributed by atoms with van der Waals surface area (Å²) in [7, 11) is 0. The number of hydrogen-bond donors (Lipinski definition) is 1. The van der Waals surface area contributed by atoms with Crippen molar-refractivity contribution < 1.29 is 19.1 Å². The van der Waals surface area contributed by atoms with E-state index in [-0.39, 0.29) is 31.1 Å². The third-order valence-electron chi connectivity index (χ3n) is 4.03. The fourth-order valence-electron chi connectivity index (χ4n) is 2.84. The SMILES string of the molecule is CC(C)NC(=O)[C@H]1CN(C(=O)OC(C)(C)C)[C@@H](Cc2ccc(Cl)cc2)CO1. The quantitative estimate of drug-likeness (QED) is 0.846. The summed E-state index contributed by atoms with van der Waals surface area (Å²) in [5.41, 5.74) is 0.419. The van der Waals surface area contributed by atoms with Crippen molar-refractivity contribution in [2.45, 2.75) is 64.8 Å². The van der Waals surface area contributed by atoms with Crippen LogP contribution in [0.3, 0.4) is 0 Å². The van der Waals surface area contributed by atoms with E-state index in [0.717, 1.165) is 5.56 Å². The Labute approximate surface area is 166 Å². The lowest BCUT2D eigenvalue weighted by Gasteiger charge is -2.39. The van der Waals surface area contributed by atoms with Crippen LogP contribution in [-0.2, 0) is 20.7 Å². The molecular weight excluding hydrogens is 368 g/mol. The first-order valence-corrected chi connectivity index (χ1v) is 9.59. The lowest BCUT2D eigenvalue weighted by Crippen LogP contribution is -2.58. The molecule has 2 rings (SSSR count). The first kappa shape index (κ1) is 21.5. The maximum atomic E-state index is 12.8. The minimum Gasteiger partial charge on any atom is -0.444 e. The van der Waals surface area contributed by atoms with Crippen LogP contribution in [0.5, 0.6) is 0 Å². The Morgan fingerprint density at radius 1 is 1.30 bits per heavy atom. The number of halogens is 1. The van der Waals surface area contributed by atoms with Crippen molar-refractivity contribution in [3.05, 3.63) is 34.9 Å². The van der Waals surface area contributed by atoms with Crippen molar-refractivity contribution in [3.63, 3.8) is 0 Å². The highest BCUT2D eigenvalue weighted by Crippen LogP contribution is 2.21. The van der Waals surface area contributed by atoms with Gasteiger partial charge in [0.1, 0.15) is 5.60 Å². The molecule has 1 aliphatic rings. The molecule has 0 aliphatic carbocycles. The molecule has 0 aromatic heterocycles. The van der Waals surface area contributed by atoms with Crippen molar-refractivity contribution in [3.8, 4) is 0 Å². The topological polar surface area (TPSA) is 67.9 Å². The molecular formula is C20H29ClN2O4. The second-order valence-corrected chi connectivity index (χ2v) is 8.54. The summed E-state index contributed by atoms with van der Waals surface area (Å²) in [6.07, 6.45) is -0.553. The standard InChI is InChI=1S/C20H29ClN2O4/c1-13(2)22-18(24)17-11-23(19(25)27-20(3,4)5)16(12-26-17)10-14-6-8-15(21)9-7-14/h6-9,13,16-17H,10-12H2,1-5H3,(H,22,24)/t16-,17+/m0/s1. The number of carbonyl (C=O) groups is 2. The minimum atomic E-state index is -0.707. The van der Waals surface area contributed by atoms with Crippen LogP contribution in [0.4, 0.5) is 4.79 Å². The molecule has 1 fully saturated rings. The predicted octanol–water partition coefficient (Wildman–Crippen LogP) is 3.41. The first-order valence-electron chi connectivity index (χ1n) is 9.21. The second-order valence-electron chi connectivity index (χ2n) is 8.10. The Balaban J connectivity index is 2.15. The monoisotopic (exact) mass is 396 g/mol. The van der Waals surface area contributed by atoms with E-state index >= 15 is 0 Å². The molecule has 1 aliphatic heterocycles. The summed E-state index contributed by atoms with van der Waals surface area (Å²) in [6.45, 7) is 9.66. The van der Waals surface area contributed by atoms with E-state index in [0.29, 0.717) is 11.4 Å². The third kappa shape index (κ3) is 6.70. The Morgan fingerprint density at radius 3 is 2.48 bits per heavy atom. The van der Waals surface area contributed by atoms with Crippen LogP contribution in [0.25, 0.3) is 0 Å². The van der Waals surface area contributed by atoms with E-state index in [1.165, 1.54) is 0 Å². The third-order valence-corrected chi connectivity index (χ3v) is 4.28. The molecule has 2 atom stereocenters. The van der Waals surface area contributed by atoms with Gasteiger partial charge in [0.15, 0.2) is 6.10 Å². The minimum absolute atomic E-state index is 0.00266. The molecule has 0 radical (unpaired) electrons. The van der Waals surface area contributed by atoms with Crippen LogP contribution < -0.4 is 5.32 Å². The maximum Gasteiger partial charge on any atom is 0.410 e. The highest BCUT2D eigenvalue weighted by Gasteiger charge is 2.37. The summed E-state index contributed by atoms with van der Waals surface area (Å²) in [5.74, 6) is -0.219. The lowest BCUT2D eigenvalue weighted by molar-refractivity contribution is -0.141. The number of nitrogens with zero attached hydrogens (tertiary/aromatic N) is 1. The number of hydrogen-bond acceptors (Lipinski definition) is 4. The molecule has 6 nitrogen and oxygen atoms in total. The zero-order chi connectivity index (χ0) is 20.2. The second kappa shape index (κ2) is 8.93. The number of rotatable bonds is 4. The van der Waals surface area contributed by atoms with E-state index in [2.05, 4.69) is 5.32 Å². The van der Waals surface area contributed by atoms with E-state index in [4.69, 9.17) is 21.1 Å². The average molecular weight is 397 g/mol. The van der Waals surface area contributed by atoms with Gasteiger partial charge in [-0.05, 0) is 58.7 Å². The molecule has 1 aromatic carbocycles. The number of carbonyl (C=O) groups excluding carboxylic acids is 2. The Bertz CT molecular complexity index is 655. The van der Waals surface area contributed by atoms with Gasteiger partial charge in [-0.25, -0.2) is 4.79 Å². The summed E-state index contributed by atoms with van der Waals surface area (Å²) in [6, 6.07) is 7.27. The normalized spacial score (nSPS) is 20.5. The van der Waals surface area contributed by atoms with Crippen LogP contribution in [0, 0.1) is 0 Å². The molecule has 0 saturated carbocycles. The molecule has 150 valence electrons. The number of morpholine rings is 1. The number of benzene rings is 1. The number of ether oxygens (including phenoxy) is 2. The van der Waals surface area contributed by atoms with Gasteiger partial charge in [0.05, 0.1) is 19.2 Å². The largest absolute Gasteiger partial charge is 0.444 e. The van der Waals surface area contributed by atoms with Crippen LogP contribution in [0.15, 0.2) is 24.3 Å². The fraction of sp³-hybridized carbons (Fsp3) is 0.600. The van der Waals surface area contributed by atoms with E-state index in [1.807, 2.05) is 58.9 Å². The van der Waals surface area contributed by atoms with Crippen molar-refractivity contribution in [1.29, 1.82) is 0 Å². The highest BCUT2D eigenvalue weighted by atomic mass is 35.5. The molecule has 1 aromatic rings. The molecule has 1 heterocycles. The smallest absolute Gasteiger partial charge is 0.410 e. The lowest BCUT2D eigenvalue weighted by atomic mass is 10.0. The van der Waals surface area contributed by atoms with E-state index in [9.17, 15) is 9.59 Å². The summed E-state index contributed by atoms with van der Waals surface area (Å²) < 4.78 is 11.3. The van der Waals surface area contributed by atoms with Crippen molar-refractivity contribution >= 4 is 23.6 Å². The van der Waals surface area contributed by atoms with Gasteiger partial charge in [0.25, 0.3) is 5.91 Å². The molecule has 0 spiro atoms. The van der Waals surface area contributed by atoms with Gasteiger partial charge in [-0.3, -0.25) is 9.69 Å². The first-order chi connectivity index (χ1) is 12.5. The van der Waals surface area contributed by atoms with Gasteiger partial charge in [0.2, 0.25) is 0 Å². The molecule has 2 amide bonds. The van der Waals surface area contributed by atoms with Gasteiger partial charge in [-0.2, -0.15) is 0 Å². The van der Waals surface area contributed by atoms with Gasteiger partial charge >= 0.3 is 6.09 Å². The van der Waals surface area contributed by atoms with Crippen LogP contribution in [0.2, 0.25) is 5.02 Å². The van der Waals surface area contributed by atoms with Gasteiger partial charge in [0, 0.05) is 11.1 Å². The van der Waals surface area contributed by atoms with Crippen molar-refractivity contribution in [2.75, 3.05) is 13.2 Å².